The second kappa shape index (κ2) is 5.83. The summed E-state index contributed by atoms with van der Waals surface area (Å²) in [6.07, 6.45) is 0. The smallest absolute Gasteiger partial charge is 0.0558 e. The maximum Gasteiger partial charge on any atom is 0.0558 e. The fourth-order valence-electron chi connectivity index (χ4n) is 1.43. The van der Waals surface area contributed by atoms with Gasteiger partial charge in [-0.3, -0.25) is 9.88 Å². The van der Waals surface area contributed by atoms with Crippen LogP contribution in [0.2, 0.25) is 0 Å². The minimum Gasteiger partial charge on any atom is -0.395 e. The molecular formula is C12H20N2O. The highest BCUT2D eigenvalue weighted by molar-refractivity contribution is 5.13. The number of aliphatic hydroxyl groups excluding tert-OH is 1. The van der Waals surface area contributed by atoms with Crippen molar-refractivity contribution >= 4 is 0 Å². The van der Waals surface area contributed by atoms with Crippen molar-refractivity contribution in [3.05, 3.63) is 29.6 Å². The summed E-state index contributed by atoms with van der Waals surface area (Å²) >= 11 is 0. The minimum absolute atomic E-state index is 0.195. The molecule has 84 valence electrons. The highest BCUT2D eigenvalue weighted by Crippen LogP contribution is 2.12. The Morgan fingerprint density at radius 1 is 1.40 bits per heavy atom. The van der Waals surface area contributed by atoms with Crippen LogP contribution in [0.4, 0.5) is 0 Å². The predicted molar refractivity (Wildman–Crippen MR) is 61.7 cm³/mol. The quantitative estimate of drug-likeness (QED) is 0.799. The summed E-state index contributed by atoms with van der Waals surface area (Å²) in [5.41, 5.74) is 2.20. The summed E-state index contributed by atoms with van der Waals surface area (Å²) < 4.78 is 0. The van der Waals surface area contributed by atoms with E-state index >= 15 is 0 Å². The largest absolute Gasteiger partial charge is 0.395 e. The van der Waals surface area contributed by atoms with Crippen molar-refractivity contribution in [2.24, 2.45) is 0 Å². The molecule has 1 heterocycles. The Balaban J connectivity index is 2.65. The zero-order valence-corrected chi connectivity index (χ0v) is 9.77. The van der Waals surface area contributed by atoms with Gasteiger partial charge in [-0.1, -0.05) is 19.9 Å². The highest BCUT2D eigenvalue weighted by Gasteiger charge is 2.04. The van der Waals surface area contributed by atoms with Crippen molar-refractivity contribution in [3.63, 3.8) is 0 Å². The number of aliphatic hydroxyl groups is 1. The molecular weight excluding hydrogens is 188 g/mol. The molecule has 0 aliphatic rings. The molecule has 0 saturated heterocycles. The van der Waals surface area contributed by atoms with E-state index in [-0.39, 0.29) is 6.61 Å². The zero-order chi connectivity index (χ0) is 11.3. The van der Waals surface area contributed by atoms with Crippen molar-refractivity contribution in [2.45, 2.75) is 26.3 Å². The number of likely N-dealkylation sites (N-methyl/N-ethyl adjacent to an activating group) is 1. The van der Waals surface area contributed by atoms with Crippen LogP contribution < -0.4 is 0 Å². The summed E-state index contributed by atoms with van der Waals surface area (Å²) in [6.45, 7) is 5.96. The number of hydrogen-bond acceptors (Lipinski definition) is 3. The second-order valence-electron chi connectivity index (χ2n) is 4.17. The minimum atomic E-state index is 0.195. The van der Waals surface area contributed by atoms with Gasteiger partial charge in [0, 0.05) is 18.8 Å². The molecule has 1 aromatic heterocycles. The van der Waals surface area contributed by atoms with Crippen LogP contribution in [-0.4, -0.2) is 35.2 Å². The Morgan fingerprint density at radius 3 is 2.73 bits per heavy atom. The van der Waals surface area contributed by atoms with Gasteiger partial charge in [-0.25, -0.2) is 0 Å². The Bertz CT molecular complexity index is 299. The second-order valence-corrected chi connectivity index (χ2v) is 4.17. The third-order valence-corrected chi connectivity index (χ3v) is 2.33. The lowest BCUT2D eigenvalue weighted by atomic mass is 10.1. The van der Waals surface area contributed by atoms with Crippen LogP contribution in [0.3, 0.4) is 0 Å². The molecule has 1 aromatic rings. The van der Waals surface area contributed by atoms with E-state index < -0.39 is 0 Å². The van der Waals surface area contributed by atoms with Crippen molar-refractivity contribution < 1.29 is 5.11 Å². The van der Waals surface area contributed by atoms with Gasteiger partial charge in [0.25, 0.3) is 0 Å². The molecule has 1 rings (SSSR count). The maximum absolute atomic E-state index is 8.80. The first kappa shape index (κ1) is 12.1. The van der Waals surface area contributed by atoms with Crippen LogP contribution in [0.25, 0.3) is 0 Å². The van der Waals surface area contributed by atoms with E-state index in [4.69, 9.17) is 5.11 Å². The number of hydrogen-bond donors (Lipinski definition) is 1. The number of nitrogens with zero attached hydrogens (tertiary/aromatic N) is 2. The highest BCUT2D eigenvalue weighted by atomic mass is 16.3. The average Bonchev–Trinajstić information content (AvgIpc) is 2.18. The molecule has 0 spiro atoms. The van der Waals surface area contributed by atoms with Crippen LogP contribution in [-0.2, 0) is 6.54 Å². The van der Waals surface area contributed by atoms with E-state index in [2.05, 4.69) is 29.8 Å². The Morgan fingerprint density at radius 2 is 2.13 bits per heavy atom. The van der Waals surface area contributed by atoms with Gasteiger partial charge in [-0.05, 0) is 25.1 Å². The molecule has 15 heavy (non-hydrogen) atoms. The van der Waals surface area contributed by atoms with E-state index in [1.165, 1.54) is 0 Å². The molecule has 0 aliphatic carbocycles. The Hall–Kier alpha value is -0.930. The lowest BCUT2D eigenvalue weighted by molar-refractivity contribution is 0.216. The SMILES string of the molecule is CC(C)c1cccc(CN(C)CCO)n1. The standard InChI is InChI=1S/C12H20N2O/c1-10(2)12-6-4-5-11(13-12)9-14(3)7-8-15/h4-6,10,15H,7-9H2,1-3H3. The van der Waals surface area contributed by atoms with Crippen LogP contribution in [0.1, 0.15) is 31.2 Å². The molecule has 0 amide bonds. The predicted octanol–water partition coefficient (Wildman–Crippen LogP) is 1.63. The first-order chi connectivity index (χ1) is 7.13. The first-order valence-corrected chi connectivity index (χ1v) is 5.38. The lowest BCUT2D eigenvalue weighted by Gasteiger charge is -2.15. The van der Waals surface area contributed by atoms with Crippen molar-refractivity contribution in [1.29, 1.82) is 0 Å². The van der Waals surface area contributed by atoms with Gasteiger partial charge in [0.2, 0.25) is 0 Å². The van der Waals surface area contributed by atoms with E-state index in [0.29, 0.717) is 12.5 Å². The Kier molecular flexibility index (Phi) is 4.72. The fourth-order valence-corrected chi connectivity index (χ4v) is 1.43. The molecule has 0 aromatic carbocycles. The van der Waals surface area contributed by atoms with Gasteiger partial charge in [0.15, 0.2) is 0 Å². The summed E-state index contributed by atoms with van der Waals surface area (Å²) in [5.74, 6) is 0.466. The van der Waals surface area contributed by atoms with Crippen molar-refractivity contribution in [3.8, 4) is 0 Å². The average molecular weight is 208 g/mol. The molecule has 0 radical (unpaired) electrons. The molecule has 1 N–H and O–H groups in total. The molecule has 3 heteroatoms. The fraction of sp³-hybridized carbons (Fsp3) is 0.583. The van der Waals surface area contributed by atoms with E-state index in [1.807, 2.05) is 19.2 Å². The van der Waals surface area contributed by atoms with E-state index in [1.54, 1.807) is 0 Å². The molecule has 0 saturated carbocycles. The van der Waals surface area contributed by atoms with Crippen molar-refractivity contribution in [1.82, 2.24) is 9.88 Å². The molecule has 3 nitrogen and oxygen atoms in total. The zero-order valence-electron chi connectivity index (χ0n) is 9.77. The Labute approximate surface area is 91.8 Å². The van der Waals surface area contributed by atoms with Crippen LogP contribution in [0, 0.1) is 0 Å². The topological polar surface area (TPSA) is 36.4 Å². The van der Waals surface area contributed by atoms with Crippen LogP contribution in [0.15, 0.2) is 18.2 Å². The van der Waals surface area contributed by atoms with E-state index in [9.17, 15) is 0 Å². The lowest BCUT2D eigenvalue weighted by Crippen LogP contribution is -2.22. The first-order valence-electron chi connectivity index (χ1n) is 5.38. The van der Waals surface area contributed by atoms with Gasteiger partial charge in [-0.2, -0.15) is 0 Å². The number of pyridine rings is 1. The van der Waals surface area contributed by atoms with Gasteiger partial charge >= 0.3 is 0 Å². The monoisotopic (exact) mass is 208 g/mol. The summed E-state index contributed by atoms with van der Waals surface area (Å²) in [6, 6.07) is 6.13. The van der Waals surface area contributed by atoms with Crippen LogP contribution >= 0.6 is 0 Å². The molecule has 0 atom stereocenters. The van der Waals surface area contributed by atoms with Gasteiger partial charge < -0.3 is 5.11 Å². The number of aromatic nitrogens is 1. The maximum atomic E-state index is 8.80. The third kappa shape index (κ3) is 3.98. The number of rotatable bonds is 5. The van der Waals surface area contributed by atoms with E-state index in [0.717, 1.165) is 17.9 Å². The third-order valence-electron chi connectivity index (χ3n) is 2.33. The molecule has 0 aliphatic heterocycles. The summed E-state index contributed by atoms with van der Waals surface area (Å²) in [7, 11) is 1.99. The van der Waals surface area contributed by atoms with Gasteiger partial charge in [0.1, 0.15) is 0 Å². The van der Waals surface area contributed by atoms with Crippen molar-refractivity contribution in [2.75, 3.05) is 20.2 Å². The summed E-state index contributed by atoms with van der Waals surface area (Å²) in [5, 5.41) is 8.80. The van der Waals surface area contributed by atoms with Gasteiger partial charge in [-0.15, -0.1) is 0 Å². The van der Waals surface area contributed by atoms with Gasteiger partial charge in [0.05, 0.1) is 12.3 Å². The normalized spacial score (nSPS) is 11.3. The van der Waals surface area contributed by atoms with Crippen LogP contribution in [0.5, 0.6) is 0 Å². The molecule has 0 fully saturated rings. The molecule has 0 unspecified atom stereocenters. The molecule has 0 bridgehead atoms. The summed E-state index contributed by atoms with van der Waals surface area (Å²) in [4.78, 5) is 6.63.